The van der Waals surface area contributed by atoms with Crippen molar-refractivity contribution >= 4 is 82.0 Å². The number of hydrogen-bond donors (Lipinski definition) is 4. The fourth-order valence-corrected chi connectivity index (χ4v) is 3.65. The Labute approximate surface area is 167 Å². The van der Waals surface area contributed by atoms with Gasteiger partial charge in [-0.3, -0.25) is 19.7 Å². The number of carbonyl (C=O) groups is 3. The molecule has 2 amide bonds. The highest BCUT2D eigenvalue weighted by atomic mass is 79.9. The molecule has 0 saturated carbocycles. The summed E-state index contributed by atoms with van der Waals surface area (Å²) in [5, 5.41) is 14.2. The minimum Gasteiger partial charge on any atom is -0.481 e. The molecule has 0 bridgehead atoms. The average Bonchev–Trinajstić information content (AvgIpc) is 3.09. The number of rotatable bonds is 5. The van der Waals surface area contributed by atoms with Crippen LogP contribution in [0.3, 0.4) is 0 Å². The predicted octanol–water partition coefficient (Wildman–Crippen LogP) is 3.81. The molecule has 1 aromatic carbocycles. The van der Waals surface area contributed by atoms with E-state index in [2.05, 4.69) is 52.5 Å². The standard InChI is InChI=1S/C15H10Br2N4O4S/c16-7-4-9(19-13(7)17)14(25)21-15-20-8-2-1-6(3-10(8)26-15)18-11(22)5-12(23)24/h1-4,19H,5H2,(H,18,22)(H,23,24)(H,20,21,25). The fraction of sp³-hybridized carbons (Fsp3) is 0.0667. The van der Waals surface area contributed by atoms with Crippen molar-refractivity contribution in [3.8, 4) is 0 Å². The molecule has 0 atom stereocenters. The van der Waals surface area contributed by atoms with E-state index in [1.54, 1.807) is 24.3 Å². The molecule has 8 nitrogen and oxygen atoms in total. The molecule has 2 heterocycles. The first-order valence-corrected chi connectivity index (χ1v) is 9.49. The smallest absolute Gasteiger partial charge is 0.312 e. The molecular formula is C15H10Br2N4O4S. The number of aliphatic carboxylic acids is 1. The second kappa shape index (κ2) is 7.56. The van der Waals surface area contributed by atoms with Gasteiger partial charge in [-0.25, -0.2) is 4.98 Å². The third-order valence-electron chi connectivity index (χ3n) is 3.17. The molecule has 0 fully saturated rings. The first kappa shape index (κ1) is 18.5. The Bertz CT molecular complexity index is 1010. The van der Waals surface area contributed by atoms with E-state index in [0.717, 1.165) is 9.17 Å². The number of aromatic amines is 1. The van der Waals surface area contributed by atoms with Gasteiger partial charge < -0.3 is 15.4 Å². The van der Waals surface area contributed by atoms with Gasteiger partial charge in [0.15, 0.2) is 5.13 Å². The normalized spacial score (nSPS) is 10.7. The van der Waals surface area contributed by atoms with Crippen LogP contribution in [0.4, 0.5) is 10.8 Å². The summed E-state index contributed by atoms with van der Waals surface area (Å²) in [5.41, 5.74) is 1.47. The molecule has 0 aliphatic heterocycles. The predicted molar refractivity (Wildman–Crippen MR) is 105 cm³/mol. The quantitative estimate of drug-likeness (QED) is 0.395. The second-order valence-corrected chi connectivity index (χ2v) is 7.80. The zero-order valence-corrected chi connectivity index (χ0v) is 16.8. The number of carbonyl (C=O) groups excluding carboxylic acids is 2. The molecule has 0 spiro atoms. The average molecular weight is 502 g/mol. The molecule has 4 N–H and O–H groups in total. The minimum atomic E-state index is -1.20. The number of hydrogen-bond acceptors (Lipinski definition) is 5. The van der Waals surface area contributed by atoms with Crippen molar-refractivity contribution in [2.75, 3.05) is 10.6 Å². The van der Waals surface area contributed by atoms with E-state index in [1.165, 1.54) is 11.3 Å². The molecule has 2 aromatic heterocycles. The largest absolute Gasteiger partial charge is 0.481 e. The lowest BCUT2D eigenvalue weighted by Gasteiger charge is -2.02. The second-order valence-electron chi connectivity index (χ2n) is 5.12. The summed E-state index contributed by atoms with van der Waals surface area (Å²) in [7, 11) is 0. The summed E-state index contributed by atoms with van der Waals surface area (Å²) < 4.78 is 2.13. The summed E-state index contributed by atoms with van der Waals surface area (Å²) in [6, 6.07) is 6.61. The lowest BCUT2D eigenvalue weighted by atomic mass is 10.3. The first-order valence-electron chi connectivity index (χ1n) is 7.09. The Balaban J connectivity index is 1.75. The van der Waals surface area contributed by atoms with Crippen LogP contribution in [-0.4, -0.2) is 32.9 Å². The van der Waals surface area contributed by atoms with E-state index in [-0.39, 0.29) is 5.91 Å². The van der Waals surface area contributed by atoms with Crippen molar-refractivity contribution in [2.24, 2.45) is 0 Å². The maximum absolute atomic E-state index is 12.2. The molecule has 0 saturated heterocycles. The number of thiazole rings is 1. The highest BCUT2D eigenvalue weighted by Crippen LogP contribution is 2.29. The van der Waals surface area contributed by atoms with Gasteiger partial charge >= 0.3 is 5.97 Å². The lowest BCUT2D eigenvalue weighted by Crippen LogP contribution is -2.15. The molecule has 0 aliphatic rings. The number of aromatic nitrogens is 2. The van der Waals surface area contributed by atoms with Crippen molar-refractivity contribution in [3.63, 3.8) is 0 Å². The van der Waals surface area contributed by atoms with Gasteiger partial charge in [-0.1, -0.05) is 11.3 Å². The third kappa shape index (κ3) is 4.29. The molecule has 0 unspecified atom stereocenters. The number of nitrogens with one attached hydrogen (secondary N) is 3. The Morgan fingerprint density at radius 1 is 1.19 bits per heavy atom. The van der Waals surface area contributed by atoms with Gasteiger partial charge in [-0.05, 0) is 56.1 Å². The monoisotopic (exact) mass is 500 g/mol. The number of carboxylic acids is 1. The van der Waals surface area contributed by atoms with Gasteiger partial charge in [0.2, 0.25) is 5.91 Å². The van der Waals surface area contributed by atoms with Crippen LogP contribution in [0.15, 0.2) is 33.3 Å². The van der Waals surface area contributed by atoms with Gasteiger partial charge in [0.05, 0.1) is 19.3 Å². The van der Waals surface area contributed by atoms with Crippen molar-refractivity contribution < 1.29 is 19.5 Å². The number of amides is 2. The summed E-state index contributed by atoms with van der Waals surface area (Å²) in [4.78, 5) is 41.5. The topological polar surface area (TPSA) is 124 Å². The van der Waals surface area contributed by atoms with Crippen LogP contribution in [-0.2, 0) is 9.59 Å². The molecule has 0 radical (unpaired) electrons. The molecule has 26 heavy (non-hydrogen) atoms. The molecule has 134 valence electrons. The van der Waals surface area contributed by atoms with E-state index >= 15 is 0 Å². The first-order chi connectivity index (χ1) is 12.3. The van der Waals surface area contributed by atoms with E-state index in [0.29, 0.717) is 26.6 Å². The molecule has 3 rings (SSSR count). The maximum Gasteiger partial charge on any atom is 0.312 e. The number of fused-ring (bicyclic) bond motifs is 1. The summed E-state index contributed by atoms with van der Waals surface area (Å²) in [6.07, 6.45) is -0.608. The van der Waals surface area contributed by atoms with Gasteiger partial charge in [0.25, 0.3) is 5.91 Å². The highest BCUT2D eigenvalue weighted by molar-refractivity contribution is 9.13. The van der Waals surface area contributed by atoms with Crippen molar-refractivity contribution in [2.45, 2.75) is 6.42 Å². The number of benzene rings is 1. The van der Waals surface area contributed by atoms with Crippen LogP contribution in [0, 0.1) is 0 Å². The Morgan fingerprint density at radius 2 is 1.96 bits per heavy atom. The van der Waals surface area contributed by atoms with Gasteiger partial charge in [0.1, 0.15) is 12.1 Å². The van der Waals surface area contributed by atoms with Crippen LogP contribution >= 0.6 is 43.2 Å². The molecule has 0 aliphatic carbocycles. The maximum atomic E-state index is 12.2. The molecule has 3 aromatic rings. The number of carboxylic acid groups (broad SMARTS) is 1. The van der Waals surface area contributed by atoms with Crippen LogP contribution < -0.4 is 10.6 Å². The van der Waals surface area contributed by atoms with E-state index < -0.39 is 18.3 Å². The Kier molecular flexibility index (Phi) is 5.39. The zero-order valence-electron chi connectivity index (χ0n) is 12.8. The van der Waals surface area contributed by atoms with Gasteiger partial charge in [-0.15, -0.1) is 0 Å². The summed E-state index contributed by atoms with van der Waals surface area (Å²) in [6.45, 7) is 0. The van der Waals surface area contributed by atoms with Crippen LogP contribution in [0.25, 0.3) is 10.2 Å². The van der Waals surface area contributed by atoms with E-state index in [9.17, 15) is 14.4 Å². The van der Waals surface area contributed by atoms with E-state index in [4.69, 9.17) is 5.11 Å². The van der Waals surface area contributed by atoms with E-state index in [1.807, 2.05) is 0 Å². The highest BCUT2D eigenvalue weighted by Gasteiger charge is 2.14. The number of H-pyrrole nitrogens is 1. The SMILES string of the molecule is O=C(O)CC(=O)Nc1ccc2nc(NC(=O)c3cc(Br)c(Br)[nH]3)sc2c1. The van der Waals surface area contributed by atoms with Crippen LogP contribution in [0.2, 0.25) is 0 Å². The zero-order chi connectivity index (χ0) is 18.8. The van der Waals surface area contributed by atoms with Gasteiger partial charge in [-0.2, -0.15) is 0 Å². The minimum absolute atomic E-state index is 0.342. The summed E-state index contributed by atoms with van der Waals surface area (Å²) >= 11 is 7.81. The van der Waals surface area contributed by atoms with Gasteiger partial charge in [0, 0.05) is 5.69 Å². The molecule has 11 heteroatoms. The van der Waals surface area contributed by atoms with Crippen molar-refractivity contribution in [1.29, 1.82) is 0 Å². The summed E-state index contributed by atoms with van der Waals surface area (Å²) in [5.74, 6) is -2.16. The Morgan fingerprint density at radius 3 is 2.62 bits per heavy atom. The van der Waals surface area contributed by atoms with Crippen molar-refractivity contribution in [1.82, 2.24) is 9.97 Å². The molecular weight excluding hydrogens is 492 g/mol. The number of nitrogens with zero attached hydrogens (tertiary/aromatic N) is 1. The number of halogens is 2. The fourth-order valence-electron chi connectivity index (χ4n) is 2.09. The number of anilines is 2. The van der Waals surface area contributed by atoms with Crippen LogP contribution in [0.5, 0.6) is 0 Å². The van der Waals surface area contributed by atoms with Crippen molar-refractivity contribution in [3.05, 3.63) is 39.0 Å². The Hall–Kier alpha value is -2.24. The van der Waals surface area contributed by atoms with Crippen LogP contribution in [0.1, 0.15) is 16.9 Å². The third-order valence-corrected chi connectivity index (χ3v) is 5.89. The lowest BCUT2D eigenvalue weighted by molar-refractivity contribution is -0.139.